The number of benzene rings is 1. The Morgan fingerprint density at radius 3 is 2.89 bits per heavy atom. The molecule has 0 radical (unpaired) electrons. The summed E-state index contributed by atoms with van der Waals surface area (Å²) in [6.45, 7) is 6.50. The molecule has 6 heteroatoms. The van der Waals surface area contributed by atoms with Crippen LogP contribution in [0.25, 0.3) is 11.0 Å². The number of nitrogens with zero attached hydrogens (tertiary/aromatic N) is 1. The van der Waals surface area contributed by atoms with Gasteiger partial charge in [0.1, 0.15) is 11.3 Å². The second-order valence-corrected chi connectivity index (χ2v) is 7.55. The second kappa shape index (κ2) is 8.13. The van der Waals surface area contributed by atoms with Gasteiger partial charge in [0.2, 0.25) is 0 Å². The number of hydrogen-bond acceptors (Lipinski definition) is 6. The van der Waals surface area contributed by atoms with Gasteiger partial charge in [-0.1, -0.05) is 6.92 Å². The molecule has 0 bridgehead atoms. The Morgan fingerprint density at radius 2 is 2.19 bits per heavy atom. The number of ether oxygens (including phenoxy) is 1. The van der Waals surface area contributed by atoms with Crippen LogP contribution in [-0.2, 0) is 22.5 Å². The van der Waals surface area contributed by atoms with E-state index in [1.165, 1.54) is 19.6 Å². The lowest BCUT2D eigenvalue weighted by Gasteiger charge is -2.31. The van der Waals surface area contributed by atoms with Crippen molar-refractivity contribution < 1.29 is 19.1 Å². The van der Waals surface area contributed by atoms with Gasteiger partial charge in [-0.25, -0.2) is 4.79 Å². The summed E-state index contributed by atoms with van der Waals surface area (Å²) in [5, 5.41) is 11.7. The van der Waals surface area contributed by atoms with Gasteiger partial charge in [0.25, 0.3) is 0 Å². The molecule has 1 aliphatic rings. The molecule has 2 heterocycles. The van der Waals surface area contributed by atoms with Crippen molar-refractivity contribution in [2.45, 2.75) is 46.1 Å². The first kappa shape index (κ1) is 19.4. The number of phenols is 1. The molecule has 1 unspecified atom stereocenters. The van der Waals surface area contributed by atoms with Gasteiger partial charge in [-0.05, 0) is 55.8 Å². The molecule has 3 rings (SSSR count). The van der Waals surface area contributed by atoms with Crippen LogP contribution in [0.15, 0.2) is 21.3 Å². The van der Waals surface area contributed by atoms with Gasteiger partial charge in [-0.2, -0.15) is 0 Å². The minimum Gasteiger partial charge on any atom is -0.507 e. The molecular weight excluding hydrogens is 346 g/mol. The van der Waals surface area contributed by atoms with Gasteiger partial charge in [-0.15, -0.1) is 0 Å². The van der Waals surface area contributed by atoms with Crippen molar-refractivity contribution in [3.63, 3.8) is 0 Å². The summed E-state index contributed by atoms with van der Waals surface area (Å²) in [5.74, 6) is 0.388. The molecule has 0 amide bonds. The first-order chi connectivity index (χ1) is 12.9. The molecule has 2 aromatic rings. The lowest BCUT2D eigenvalue weighted by atomic mass is 9.96. The van der Waals surface area contributed by atoms with Crippen LogP contribution in [0.3, 0.4) is 0 Å². The molecule has 1 aromatic carbocycles. The molecule has 27 heavy (non-hydrogen) atoms. The van der Waals surface area contributed by atoms with Crippen LogP contribution in [0.5, 0.6) is 5.75 Å². The molecule has 1 fully saturated rings. The van der Waals surface area contributed by atoms with Crippen LogP contribution >= 0.6 is 0 Å². The highest BCUT2D eigenvalue weighted by atomic mass is 16.5. The quantitative estimate of drug-likeness (QED) is 0.641. The molecule has 146 valence electrons. The van der Waals surface area contributed by atoms with Crippen molar-refractivity contribution in [2.24, 2.45) is 5.92 Å². The number of likely N-dealkylation sites (tertiary alicyclic amines) is 1. The van der Waals surface area contributed by atoms with Gasteiger partial charge in [-0.3, -0.25) is 9.69 Å². The molecule has 0 spiro atoms. The summed E-state index contributed by atoms with van der Waals surface area (Å²) in [6.07, 6.45) is 2.88. The highest BCUT2D eigenvalue weighted by molar-refractivity contribution is 5.86. The van der Waals surface area contributed by atoms with Crippen LogP contribution in [0.1, 0.15) is 42.9 Å². The van der Waals surface area contributed by atoms with E-state index in [1.54, 1.807) is 0 Å². The van der Waals surface area contributed by atoms with E-state index in [-0.39, 0.29) is 18.1 Å². The van der Waals surface area contributed by atoms with E-state index in [1.807, 2.05) is 13.0 Å². The Labute approximate surface area is 158 Å². The Kier molecular flexibility index (Phi) is 5.85. The number of carbonyl (C=O) groups is 1. The highest BCUT2D eigenvalue weighted by Gasteiger charge is 2.22. The number of carbonyl (C=O) groups excluding carboxylic acids is 1. The van der Waals surface area contributed by atoms with Crippen molar-refractivity contribution in [1.82, 2.24) is 4.90 Å². The predicted molar refractivity (Wildman–Crippen MR) is 103 cm³/mol. The maximum atomic E-state index is 11.9. The third-order valence-electron chi connectivity index (χ3n) is 5.34. The topological polar surface area (TPSA) is 80.0 Å². The number of phenolic OH excluding ortho intramolecular Hbond substituents is 1. The van der Waals surface area contributed by atoms with Gasteiger partial charge < -0.3 is 14.3 Å². The summed E-state index contributed by atoms with van der Waals surface area (Å²) in [6, 6.07) is 3.27. The van der Waals surface area contributed by atoms with Crippen LogP contribution in [0.2, 0.25) is 0 Å². The normalized spacial score (nSPS) is 18.0. The number of esters is 1. The number of aromatic hydroxyl groups is 1. The monoisotopic (exact) mass is 373 g/mol. The third-order valence-corrected chi connectivity index (χ3v) is 5.34. The lowest BCUT2D eigenvalue weighted by Crippen LogP contribution is -2.33. The van der Waals surface area contributed by atoms with Crippen LogP contribution in [0.4, 0.5) is 0 Å². The summed E-state index contributed by atoms with van der Waals surface area (Å²) in [4.78, 5) is 25.8. The molecule has 1 atom stereocenters. The fraction of sp³-hybridized carbons (Fsp3) is 0.524. The lowest BCUT2D eigenvalue weighted by molar-refractivity contribution is -0.140. The number of hydrogen-bond donors (Lipinski definition) is 1. The first-order valence-corrected chi connectivity index (χ1v) is 9.46. The predicted octanol–water partition coefficient (Wildman–Crippen LogP) is 3.14. The van der Waals surface area contributed by atoms with Crippen molar-refractivity contribution in [2.75, 3.05) is 20.2 Å². The number of methoxy groups -OCH3 is 1. The number of piperidine rings is 1. The average molecular weight is 373 g/mol. The fourth-order valence-corrected chi connectivity index (χ4v) is 3.90. The maximum absolute atomic E-state index is 11.9. The minimum absolute atomic E-state index is 0.110. The number of aryl methyl sites for hydroxylation is 2. The van der Waals surface area contributed by atoms with Gasteiger partial charge >= 0.3 is 11.6 Å². The Balaban J connectivity index is 2.05. The Morgan fingerprint density at radius 1 is 1.41 bits per heavy atom. The van der Waals surface area contributed by atoms with Crippen molar-refractivity contribution >= 4 is 16.9 Å². The SMILES string of the molecule is COC(=O)CCc1cc2c(C)cc(=O)oc2c(CN2CCCC(C)C2)c1O. The molecule has 1 aromatic heterocycles. The van der Waals surface area contributed by atoms with E-state index in [0.717, 1.165) is 30.5 Å². The Bertz CT molecular complexity index is 902. The summed E-state index contributed by atoms with van der Waals surface area (Å²) in [7, 11) is 1.35. The number of fused-ring (bicyclic) bond motifs is 1. The van der Waals surface area contributed by atoms with E-state index in [4.69, 9.17) is 9.15 Å². The van der Waals surface area contributed by atoms with Crippen molar-refractivity contribution in [3.8, 4) is 5.75 Å². The van der Waals surface area contributed by atoms with Crippen molar-refractivity contribution in [1.29, 1.82) is 0 Å². The summed E-state index contributed by atoms with van der Waals surface area (Å²) in [5.41, 5.74) is 2.12. The highest BCUT2D eigenvalue weighted by Crippen LogP contribution is 2.34. The number of rotatable bonds is 5. The van der Waals surface area contributed by atoms with E-state index in [2.05, 4.69) is 11.8 Å². The fourth-order valence-electron chi connectivity index (χ4n) is 3.90. The van der Waals surface area contributed by atoms with Crippen molar-refractivity contribution in [3.05, 3.63) is 39.2 Å². The Hall–Kier alpha value is -2.34. The molecule has 1 aliphatic heterocycles. The largest absolute Gasteiger partial charge is 0.507 e. The molecule has 6 nitrogen and oxygen atoms in total. The van der Waals surface area contributed by atoms with Crippen LogP contribution in [-0.4, -0.2) is 36.2 Å². The summed E-state index contributed by atoms with van der Waals surface area (Å²) < 4.78 is 10.2. The zero-order valence-electron chi connectivity index (χ0n) is 16.2. The smallest absolute Gasteiger partial charge is 0.336 e. The van der Waals surface area contributed by atoms with Gasteiger partial charge in [0, 0.05) is 31.0 Å². The van der Waals surface area contributed by atoms with E-state index in [9.17, 15) is 14.7 Å². The molecule has 0 saturated carbocycles. The van der Waals surface area contributed by atoms with Crippen LogP contribution in [0, 0.1) is 12.8 Å². The average Bonchev–Trinajstić information content (AvgIpc) is 2.63. The van der Waals surface area contributed by atoms with Crippen LogP contribution < -0.4 is 5.63 Å². The molecule has 0 aliphatic carbocycles. The molecular formula is C21H27NO5. The van der Waals surface area contributed by atoms with Gasteiger partial charge in [0.05, 0.1) is 12.7 Å². The van der Waals surface area contributed by atoms with E-state index in [0.29, 0.717) is 35.6 Å². The van der Waals surface area contributed by atoms with Gasteiger partial charge in [0.15, 0.2) is 0 Å². The van der Waals surface area contributed by atoms with E-state index < -0.39 is 5.63 Å². The first-order valence-electron chi connectivity index (χ1n) is 9.46. The summed E-state index contributed by atoms with van der Waals surface area (Å²) >= 11 is 0. The third kappa shape index (κ3) is 4.33. The molecule has 1 saturated heterocycles. The zero-order chi connectivity index (χ0) is 19.6. The maximum Gasteiger partial charge on any atom is 0.336 e. The zero-order valence-corrected chi connectivity index (χ0v) is 16.2. The molecule has 1 N–H and O–H groups in total. The standard InChI is InChI=1S/C21H27NO5/c1-13-5-4-8-22(11-13)12-17-20(25)15(6-7-18(23)26-3)10-16-14(2)9-19(24)27-21(16)17/h9-10,13,25H,4-8,11-12H2,1-3H3. The van der Waals surface area contributed by atoms with E-state index >= 15 is 0 Å². The minimum atomic E-state index is -0.421. The second-order valence-electron chi connectivity index (χ2n) is 7.55.